The number of furan rings is 1. The van der Waals surface area contributed by atoms with Gasteiger partial charge in [0.15, 0.2) is 11.0 Å². The number of benzene rings is 2. The molecule has 0 aliphatic carbocycles. The summed E-state index contributed by atoms with van der Waals surface area (Å²) in [6.07, 6.45) is 2.53. The second kappa shape index (κ2) is 9.61. The van der Waals surface area contributed by atoms with Gasteiger partial charge in [-0.05, 0) is 47.9 Å². The van der Waals surface area contributed by atoms with Crippen LogP contribution < -0.4 is 10.4 Å². The number of rotatable bonds is 8. The number of ether oxygens (including phenoxy) is 1. The fraction of sp³-hybridized carbons (Fsp3) is 0.192. The fourth-order valence-electron chi connectivity index (χ4n) is 3.83. The van der Waals surface area contributed by atoms with Crippen molar-refractivity contribution < 1.29 is 13.6 Å². The highest BCUT2D eigenvalue weighted by molar-refractivity contribution is 7.98. The van der Waals surface area contributed by atoms with Crippen molar-refractivity contribution >= 4 is 22.7 Å². The first kappa shape index (κ1) is 22.0. The van der Waals surface area contributed by atoms with Crippen LogP contribution in [0.3, 0.4) is 0 Å². The molecule has 34 heavy (non-hydrogen) atoms. The maximum Gasteiger partial charge on any atom is 0.336 e. The molecule has 0 aliphatic heterocycles. The van der Waals surface area contributed by atoms with Crippen molar-refractivity contribution in [1.82, 2.24) is 14.8 Å². The molecular formula is C26H23N3O4S. The van der Waals surface area contributed by atoms with Gasteiger partial charge in [0, 0.05) is 22.8 Å². The Morgan fingerprint density at radius 3 is 2.76 bits per heavy atom. The molecule has 0 spiro atoms. The van der Waals surface area contributed by atoms with E-state index in [9.17, 15) is 4.79 Å². The monoisotopic (exact) mass is 473 g/mol. The van der Waals surface area contributed by atoms with Gasteiger partial charge in [-0.15, -0.1) is 10.2 Å². The summed E-state index contributed by atoms with van der Waals surface area (Å²) in [6, 6.07) is 19.1. The first-order chi connectivity index (χ1) is 16.6. The number of nitrogens with zero attached hydrogens (tertiary/aromatic N) is 3. The Hall–Kier alpha value is -3.78. The second-order valence-corrected chi connectivity index (χ2v) is 8.71. The Morgan fingerprint density at radius 1 is 1.06 bits per heavy atom. The molecule has 0 N–H and O–H groups in total. The smallest absolute Gasteiger partial charge is 0.336 e. The van der Waals surface area contributed by atoms with Gasteiger partial charge in [-0.25, -0.2) is 4.79 Å². The Balaban J connectivity index is 1.50. The third-order valence-electron chi connectivity index (χ3n) is 5.60. The minimum Gasteiger partial charge on any atom is -0.497 e. The van der Waals surface area contributed by atoms with Crippen LogP contribution >= 0.6 is 11.8 Å². The zero-order valence-electron chi connectivity index (χ0n) is 18.9. The molecule has 2 aromatic carbocycles. The van der Waals surface area contributed by atoms with Gasteiger partial charge in [-0.2, -0.15) is 0 Å². The zero-order chi connectivity index (χ0) is 23.5. The molecule has 0 radical (unpaired) electrons. The molecule has 8 heteroatoms. The lowest BCUT2D eigenvalue weighted by Crippen LogP contribution is -2.04. The van der Waals surface area contributed by atoms with Gasteiger partial charge < -0.3 is 13.6 Å². The van der Waals surface area contributed by atoms with E-state index in [1.165, 1.54) is 11.8 Å². The first-order valence-electron chi connectivity index (χ1n) is 10.9. The molecule has 0 saturated heterocycles. The molecule has 0 aliphatic rings. The van der Waals surface area contributed by atoms with Crippen LogP contribution in [0.25, 0.3) is 22.4 Å². The van der Waals surface area contributed by atoms with E-state index >= 15 is 0 Å². The third-order valence-corrected chi connectivity index (χ3v) is 6.61. The molecule has 0 bridgehead atoms. The Labute approximate surface area is 200 Å². The molecule has 7 nitrogen and oxygen atoms in total. The topological polar surface area (TPSA) is 83.3 Å². The van der Waals surface area contributed by atoms with Crippen molar-refractivity contribution in [2.45, 2.75) is 30.8 Å². The van der Waals surface area contributed by atoms with Crippen LogP contribution in [-0.4, -0.2) is 21.9 Å². The standard InChI is InChI=1S/C26H23N3O4S/c1-3-17-9-10-22-19(14-24(30)33-23(22)12-17)16-34-26-28-27-25(18-6-4-7-20(13-18)31-2)29(26)15-21-8-5-11-32-21/h4-14H,3,15-16H2,1-2H3. The van der Waals surface area contributed by atoms with Gasteiger partial charge in [-0.1, -0.05) is 43.0 Å². The summed E-state index contributed by atoms with van der Waals surface area (Å²) >= 11 is 1.52. The summed E-state index contributed by atoms with van der Waals surface area (Å²) < 4.78 is 18.4. The maximum absolute atomic E-state index is 12.2. The molecule has 5 rings (SSSR count). The molecule has 0 atom stereocenters. The lowest BCUT2D eigenvalue weighted by Gasteiger charge is -2.10. The molecule has 0 saturated carbocycles. The first-order valence-corrected chi connectivity index (χ1v) is 11.9. The van der Waals surface area contributed by atoms with Gasteiger partial charge in [0.2, 0.25) is 0 Å². The Kier molecular flexibility index (Phi) is 6.22. The van der Waals surface area contributed by atoms with Crippen LogP contribution in [0.5, 0.6) is 5.75 Å². The Bertz CT molecular complexity index is 1490. The normalized spacial score (nSPS) is 11.2. The van der Waals surface area contributed by atoms with Gasteiger partial charge in [-0.3, -0.25) is 4.57 Å². The fourth-order valence-corrected chi connectivity index (χ4v) is 4.76. The predicted octanol–water partition coefficient (Wildman–Crippen LogP) is 5.56. The van der Waals surface area contributed by atoms with E-state index in [4.69, 9.17) is 13.6 Å². The highest BCUT2D eigenvalue weighted by atomic mass is 32.2. The summed E-state index contributed by atoms with van der Waals surface area (Å²) in [4.78, 5) is 12.2. The number of fused-ring (bicyclic) bond motifs is 1. The van der Waals surface area contributed by atoms with Gasteiger partial charge >= 0.3 is 5.63 Å². The van der Waals surface area contributed by atoms with E-state index in [2.05, 4.69) is 23.2 Å². The van der Waals surface area contributed by atoms with E-state index < -0.39 is 0 Å². The van der Waals surface area contributed by atoms with Crippen molar-refractivity contribution in [3.05, 3.63) is 94.2 Å². The average Bonchev–Trinajstić information content (AvgIpc) is 3.52. The summed E-state index contributed by atoms with van der Waals surface area (Å²) in [6.45, 7) is 2.55. The minimum absolute atomic E-state index is 0.356. The number of hydrogen-bond donors (Lipinski definition) is 0. The molecule has 0 unspecified atom stereocenters. The highest BCUT2D eigenvalue weighted by Crippen LogP contribution is 2.31. The maximum atomic E-state index is 12.2. The van der Waals surface area contributed by atoms with E-state index in [1.54, 1.807) is 19.4 Å². The molecule has 3 aromatic heterocycles. The van der Waals surface area contributed by atoms with Crippen molar-refractivity contribution in [1.29, 1.82) is 0 Å². The molecule has 5 aromatic rings. The second-order valence-electron chi connectivity index (χ2n) is 7.77. The lowest BCUT2D eigenvalue weighted by atomic mass is 10.1. The van der Waals surface area contributed by atoms with E-state index in [-0.39, 0.29) is 5.63 Å². The van der Waals surface area contributed by atoms with E-state index in [0.29, 0.717) is 23.7 Å². The van der Waals surface area contributed by atoms with Crippen LogP contribution in [0, 0.1) is 0 Å². The van der Waals surface area contributed by atoms with Crippen LogP contribution in [0.15, 0.2) is 85.7 Å². The summed E-state index contributed by atoms with van der Waals surface area (Å²) in [5, 5.41) is 10.6. The third kappa shape index (κ3) is 4.49. The number of methoxy groups -OCH3 is 1. The minimum atomic E-state index is -0.356. The van der Waals surface area contributed by atoms with Gasteiger partial charge in [0.05, 0.1) is 19.9 Å². The van der Waals surface area contributed by atoms with E-state index in [0.717, 1.165) is 45.2 Å². The number of hydrogen-bond acceptors (Lipinski definition) is 7. The van der Waals surface area contributed by atoms with Crippen LogP contribution in [0.4, 0.5) is 0 Å². The van der Waals surface area contributed by atoms with Crippen LogP contribution in [0.2, 0.25) is 0 Å². The largest absolute Gasteiger partial charge is 0.497 e. The number of aromatic nitrogens is 3. The molecule has 3 heterocycles. The van der Waals surface area contributed by atoms with Gasteiger partial charge in [0.25, 0.3) is 0 Å². The van der Waals surface area contributed by atoms with Gasteiger partial charge in [0.1, 0.15) is 17.1 Å². The average molecular weight is 474 g/mol. The zero-order valence-corrected chi connectivity index (χ0v) is 19.7. The molecular weight excluding hydrogens is 450 g/mol. The van der Waals surface area contributed by atoms with Crippen molar-refractivity contribution in [3.8, 4) is 17.1 Å². The summed E-state index contributed by atoms with van der Waals surface area (Å²) in [5.74, 6) is 2.79. The molecule has 0 fully saturated rings. The van der Waals surface area contributed by atoms with Crippen molar-refractivity contribution in [2.75, 3.05) is 7.11 Å². The quantitative estimate of drug-likeness (QED) is 0.216. The summed E-state index contributed by atoms with van der Waals surface area (Å²) in [5.41, 5.74) is 3.17. The highest BCUT2D eigenvalue weighted by Gasteiger charge is 2.17. The van der Waals surface area contributed by atoms with Crippen LogP contribution in [0.1, 0.15) is 23.8 Å². The summed E-state index contributed by atoms with van der Waals surface area (Å²) in [7, 11) is 1.64. The van der Waals surface area contributed by atoms with Crippen LogP contribution in [-0.2, 0) is 18.7 Å². The number of aryl methyl sites for hydroxylation is 1. The lowest BCUT2D eigenvalue weighted by molar-refractivity contribution is 0.415. The van der Waals surface area contributed by atoms with Crippen molar-refractivity contribution in [2.24, 2.45) is 0 Å². The van der Waals surface area contributed by atoms with E-state index in [1.807, 2.05) is 53.1 Å². The SMILES string of the molecule is CCc1ccc2c(CSc3nnc(-c4cccc(OC)c4)n3Cc3ccco3)cc(=O)oc2c1. The molecule has 172 valence electrons. The predicted molar refractivity (Wildman–Crippen MR) is 131 cm³/mol. The molecule has 0 amide bonds. The van der Waals surface area contributed by atoms with Crippen molar-refractivity contribution in [3.63, 3.8) is 0 Å². The number of thioether (sulfide) groups is 1. The Morgan fingerprint density at radius 2 is 1.97 bits per heavy atom.